The Bertz CT molecular complexity index is 706. The molecule has 4 heterocycles. The summed E-state index contributed by atoms with van der Waals surface area (Å²) < 4.78 is 5.36. The van der Waals surface area contributed by atoms with Gasteiger partial charge in [-0.2, -0.15) is 16.4 Å². The predicted octanol–water partition coefficient (Wildman–Crippen LogP) is 2.82. The van der Waals surface area contributed by atoms with Gasteiger partial charge in [-0.25, -0.2) is 5.01 Å². The monoisotopic (exact) mass is 361 g/mol. The van der Waals surface area contributed by atoms with Crippen molar-refractivity contribution in [3.05, 3.63) is 44.8 Å². The molecule has 0 spiro atoms. The molecular formula is C17H19N3O2S2. The SMILES string of the molecule is O=C(CN1CCOCC1)N1N=C(c2cccs2)C[C@@H]1c1ccsc1. The highest BCUT2D eigenvalue weighted by atomic mass is 32.1. The Balaban J connectivity index is 1.55. The van der Waals surface area contributed by atoms with Crippen LogP contribution >= 0.6 is 22.7 Å². The molecule has 0 aliphatic carbocycles. The van der Waals surface area contributed by atoms with Crippen LogP contribution in [-0.4, -0.2) is 54.4 Å². The van der Waals surface area contributed by atoms with Crippen LogP contribution in [0.25, 0.3) is 0 Å². The lowest BCUT2D eigenvalue weighted by molar-refractivity contribution is -0.135. The molecular weight excluding hydrogens is 342 g/mol. The van der Waals surface area contributed by atoms with E-state index in [0.29, 0.717) is 19.8 Å². The Morgan fingerprint density at radius 1 is 1.29 bits per heavy atom. The molecule has 4 rings (SSSR count). The second-order valence-corrected chi connectivity index (χ2v) is 7.66. The maximum atomic E-state index is 12.9. The van der Waals surface area contributed by atoms with Crippen molar-refractivity contribution in [3.8, 4) is 0 Å². The summed E-state index contributed by atoms with van der Waals surface area (Å²) in [6, 6.07) is 6.21. The normalized spacial score (nSPS) is 21.9. The standard InChI is InChI=1S/C17H19N3O2S2/c21-17(11-19-4-6-22-7-5-19)20-15(13-3-9-23-12-13)10-14(18-20)16-2-1-8-24-16/h1-3,8-9,12,15H,4-7,10-11H2/t15-/m1/s1. The molecule has 2 aromatic heterocycles. The number of hydrogen-bond donors (Lipinski definition) is 0. The van der Waals surface area contributed by atoms with Crippen LogP contribution in [0.15, 0.2) is 39.4 Å². The second kappa shape index (κ2) is 7.14. The molecule has 1 fully saturated rings. The molecule has 0 bridgehead atoms. The van der Waals surface area contributed by atoms with Gasteiger partial charge in [-0.3, -0.25) is 9.69 Å². The Morgan fingerprint density at radius 3 is 2.88 bits per heavy atom. The maximum absolute atomic E-state index is 12.9. The average molecular weight is 361 g/mol. The van der Waals surface area contributed by atoms with Crippen LogP contribution in [0.3, 0.4) is 0 Å². The smallest absolute Gasteiger partial charge is 0.257 e. The summed E-state index contributed by atoms with van der Waals surface area (Å²) in [4.78, 5) is 16.2. The number of hydrazone groups is 1. The number of rotatable bonds is 4. The van der Waals surface area contributed by atoms with E-state index in [1.807, 2.05) is 6.07 Å². The van der Waals surface area contributed by atoms with Crippen LogP contribution in [0.4, 0.5) is 0 Å². The fraction of sp³-hybridized carbons (Fsp3) is 0.412. The first-order chi connectivity index (χ1) is 11.8. The van der Waals surface area contributed by atoms with Crippen LogP contribution in [0.2, 0.25) is 0 Å². The molecule has 1 saturated heterocycles. The third kappa shape index (κ3) is 3.30. The molecule has 1 atom stereocenters. The van der Waals surface area contributed by atoms with Crippen LogP contribution in [0.1, 0.15) is 22.9 Å². The number of nitrogens with zero attached hydrogens (tertiary/aromatic N) is 3. The highest BCUT2D eigenvalue weighted by Gasteiger charge is 2.34. The Labute approximate surface area is 149 Å². The first-order valence-electron chi connectivity index (χ1n) is 8.07. The summed E-state index contributed by atoms with van der Waals surface area (Å²) in [6.07, 6.45) is 0.784. The molecule has 126 valence electrons. The minimum absolute atomic E-state index is 0.0156. The third-order valence-electron chi connectivity index (χ3n) is 4.36. The van der Waals surface area contributed by atoms with E-state index in [-0.39, 0.29) is 11.9 Å². The number of ether oxygens (including phenoxy) is 1. The van der Waals surface area contributed by atoms with Gasteiger partial charge < -0.3 is 4.74 Å². The van der Waals surface area contributed by atoms with Gasteiger partial charge in [0.2, 0.25) is 0 Å². The van der Waals surface area contributed by atoms with E-state index in [4.69, 9.17) is 9.84 Å². The Kier molecular flexibility index (Phi) is 4.75. The van der Waals surface area contributed by atoms with E-state index in [9.17, 15) is 4.79 Å². The number of carbonyl (C=O) groups excluding carboxylic acids is 1. The highest BCUT2D eigenvalue weighted by molar-refractivity contribution is 7.12. The average Bonchev–Trinajstić information content (AvgIpc) is 3.35. The zero-order valence-electron chi connectivity index (χ0n) is 13.3. The van der Waals surface area contributed by atoms with Crippen LogP contribution < -0.4 is 0 Å². The van der Waals surface area contributed by atoms with Crippen molar-refractivity contribution >= 4 is 34.3 Å². The van der Waals surface area contributed by atoms with Gasteiger partial charge in [-0.05, 0) is 33.8 Å². The van der Waals surface area contributed by atoms with Crippen LogP contribution in [0, 0.1) is 0 Å². The van der Waals surface area contributed by atoms with Crippen molar-refractivity contribution in [3.63, 3.8) is 0 Å². The number of morpholine rings is 1. The van der Waals surface area contributed by atoms with Gasteiger partial charge in [0.15, 0.2) is 0 Å². The zero-order valence-corrected chi connectivity index (χ0v) is 14.9. The molecule has 0 saturated carbocycles. The summed E-state index contributed by atoms with van der Waals surface area (Å²) in [6.45, 7) is 3.43. The molecule has 24 heavy (non-hydrogen) atoms. The Hall–Kier alpha value is -1.54. The molecule has 1 amide bonds. The van der Waals surface area contributed by atoms with E-state index in [0.717, 1.165) is 30.1 Å². The van der Waals surface area contributed by atoms with Gasteiger partial charge in [0, 0.05) is 19.5 Å². The summed E-state index contributed by atoms with van der Waals surface area (Å²) in [5.41, 5.74) is 2.18. The number of hydrogen-bond acceptors (Lipinski definition) is 6. The van der Waals surface area contributed by atoms with Crippen molar-refractivity contribution in [1.29, 1.82) is 0 Å². The largest absolute Gasteiger partial charge is 0.379 e. The first-order valence-corrected chi connectivity index (χ1v) is 9.89. The fourth-order valence-electron chi connectivity index (χ4n) is 3.08. The van der Waals surface area contributed by atoms with Gasteiger partial charge in [0.25, 0.3) is 5.91 Å². The van der Waals surface area contributed by atoms with Crippen molar-refractivity contribution < 1.29 is 9.53 Å². The minimum atomic E-state index is 0.0156. The van der Waals surface area contributed by atoms with E-state index in [1.165, 1.54) is 5.56 Å². The highest BCUT2D eigenvalue weighted by Crippen LogP contribution is 2.34. The first kappa shape index (κ1) is 16.0. The molecule has 7 heteroatoms. The zero-order chi connectivity index (χ0) is 16.4. The Morgan fingerprint density at radius 2 is 2.17 bits per heavy atom. The van der Waals surface area contributed by atoms with Crippen molar-refractivity contribution in [2.45, 2.75) is 12.5 Å². The predicted molar refractivity (Wildman–Crippen MR) is 96.6 cm³/mol. The van der Waals surface area contributed by atoms with Gasteiger partial charge >= 0.3 is 0 Å². The summed E-state index contributed by atoms with van der Waals surface area (Å²) in [7, 11) is 0. The minimum Gasteiger partial charge on any atom is -0.379 e. The molecule has 2 aromatic rings. The third-order valence-corrected chi connectivity index (χ3v) is 5.98. The van der Waals surface area contributed by atoms with Crippen LogP contribution in [0.5, 0.6) is 0 Å². The lowest BCUT2D eigenvalue weighted by Crippen LogP contribution is -2.43. The lowest BCUT2D eigenvalue weighted by Gasteiger charge is -2.28. The van der Waals surface area contributed by atoms with Crippen LogP contribution in [-0.2, 0) is 9.53 Å². The molecule has 0 unspecified atom stereocenters. The molecule has 0 radical (unpaired) electrons. The summed E-state index contributed by atoms with van der Waals surface area (Å²) >= 11 is 3.34. The molecule has 5 nitrogen and oxygen atoms in total. The number of thiophene rings is 2. The van der Waals surface area contributed by atoms with E-state index < -0.39 is 0 Å². The topological polar surface area (TPSA) is 45.1 Å². The van der Waals surface area contributed by atoms with E-state index in [2.05, 4.69) is 33.2 Å². The molecule has 2 aliphatic heterocycles. The lowest BCUT2D eigenvalue weighted by atomic mass is 10.0. The fourth-order valence-corrected chi connectivity index (χ4v) is 4.51. The second-order valence-electron chi connectivity index (χ2n) is 5.93. The quantitative estimate of drug-likeness (QED) is 0.841. The van der Waals surface area contributed by atoms with Crippen molar-refractivity contribution in [2.75, 3.05) is 32.8 Å². The molecule has 0 N–H and O–H groups in total. The van der Waals surface area contributed by atoms with Crippen molar-refractivity contribution in [1.82, 2.24) is 9.91 Å². The number of carbonyl (C=O) groups is 1. The van der Waals surface area contributed by atoms with Gasteiger partial charge in [-0.15, -0.1) is 11.3 Å². The van der Waals surface area contributed by atoms with E-state index in [1.54, 1.807) is 27.7 Å². The molecule has 0 aromatic carbocycles. The van der Waals surface area contributed by atoms with Gasteiger partial charge in [0.1, 0.15) is 0 Å². The summed E-state index contributed by atoms with van der Waals surface area (Å²) in [5, 5.41) is 12.6. The van der Waals surface area contributed by atoms with E-state index >= 15 is 0 Å². The van der Waals surface area contributed by atoms with Gasteiger partial charge in [-0.1, -0.05) is 6.07 Å². The number of amides is 1. The summed E-state index contributed by atoms with van der Waals surface area (Å²) in [5.74, 6) is 0.0691. The maximum Gasteiger partial charge on any atom is 0.257 e. The van der Waals surface area contributed by atoms with Gasteiger partial charge in [0.05, 0.1) is 36.4 Å². The van der Waals surface area contributed by atoms with Crippen molar-refractivity contribution in [2.24, 2.45) is 5.10 Å². The molecule has 2 aliphatic rings.